The summed E-state index contributed by atoms with van der Waals surface area (Å²) in [6.45, 7) is 32.1. The van der Waals surface area contributed by atoms with Crippen LogP contribution in [0.25, 0.3) is 52.1 Å². The second kappa shape index (κ2) is 49.4. The number of fused-ring (bicyclic) bond motifs is 2. The minimum Gasteiger partial charge on any atom is -0.306 e. The number of halogens is 1. The third-order valence-electron chi connectivity index (χ3n) is 24.8. The van der Waals surface area contributed by atoms with Crippen LogP contribution >= 0.6 is 107 Å². The van der Waals surface area contributed by atoms with Gasteiger partial charge in [0, 0.05) is 50.6 Å². The molecule has 4 aliphatic rings. The molecule has 0 fully saturated rings. The van der Waals surface area contributed by atoms with Crippen LogP contribution in [0.1, 0.15) is 312 Å². The second-order valence-electron chi connectivity index (χ2n) is 33.5. The van der Waals surface area contributed by atoms with Crippen LogP contribution in [0.4, 0.5) is 0 Å². The molecule has 0 saturated carbocycles. The molecule has 642 valence electrons. The van der Waals surface area contributed by atoms with Gasteiger partial charge >= 0.3 is 194 Å². The molecule has 0 bridgehead atoms. The van der Waals surface area contributed by atoms with E-state index in [0.717, 1.165) is 149 Å². The molecule has 4 atom stereocenters. The number of thiophene rings is 8. The zero-order chi connectivity index (χ0) is 84.1. The molecule has 4 aliphatic heterocycles. The Morgan fingerprint density at radius 3 is 0.915 bits per heavy atom. The minimum absolute atomic E-state index is 0.00245. The van der Waals surface area contributed by atoms with Crippen molar-refractivity contribution in [2.45, 2.75) is 309 Å². The first-order valence-corrected chi connectivity index (χ1v) is 61.1. The van der Waals surface area contributed by atoms with Gasteiger partial charge in [-0.2, -0.15) is 0 Å². The molecule has 12 rings (SSSR count). The number of rotatable bonds is 51. The van der Waals surface area contributed by atoms with Gasteiger partial charge in [-0.1, -0.05) is 171 Å². The van der Waals surface area contributed by atoms with Crippen LogP contribution in [0.5, 0.6) is 0 Å². The predicted octanol–water partition coefficient (Wildman–Crippen LogP) is 32.1. The Hall–Kier alpha value is -4.28. The van der Waals surface area contributed by atoms with Gasteiger partial charge in [0.1, 0.15) is 0 Å². The number of unbranched alkanes of at least 4 members (excludes halogenated alkanes) is 13. The summed E-state index contributed by atoms with van der Waals surface area (Å²) < 4.78 is 7.63. The maximum absolute atomic E-state index is 14.8. The number of aryl methyl sites for hydroxylation is 2. The quantitative estimate of drug-likeness (QED) is 0.0281. The van der Waals surface area contributed by atoms with E-state index < -0.39 is 18.4 Å². The zero-order valence-electron chi connectivity index (χ0n) is 73.8. The Bertz CT molecular complexity index is 4530. The Morgan fingerprint density at radius 1 is 0.297 bits per heavy atom. The van der Waals surface area contributed by atoms with Crippen LogP contribution in [-0.4, -0.2) is 87.8 Å². The van der Waals surface area contributed by atoms with Gasteiger partial charge in [-0.05, 0) is 150 Å². The average Bonchev–Trinajstić information content (AvgIpc) is 1.56. The summed E-state index contributed by atoms with van der Waals surface area (Å²) >= 11 is 15.9. The smallest absolute Gasteiger partial charge is 0.261 e. The normalized spacial score (nSPS) is 15.4. The number of amides is 4. The van der Waals surface area contributed by atoms with E-state index in [0.29, 0.717) is 72.1 Å². The number of hydrogen-bond acceptors (Lipinski definition) is 12. The first kappa shape index (κ1) is 95.9. The third kappa shape index (κ3) is 24.4. The Balaban J connectivity index is 0.000000196. The third-order valence-corrected chi connectivity index (χ3v) is 52.6. The van der Waals surface area contributed by atoms with Crippen molar-refractivity contribution in [2.75, 3.05) is 26.2 Å². The summed E-state index contributed by atoms with van der Waals surface area (Å²) in [4.78, 5) is 81.2. The number of nitrogens with zero attached hydrogens (tertiary/aromatic N) is 4. The van der Waals surface area contributed by atoms with Crippen molar-refractivity contribution >= 4 is 174 Å². The molecule has 118 heavy (non-hydrogen) atoms. The van der Waals surface area contributed by atoms with Crippen LogP contribution in [0.2, 0.25) is 13.3 Å². The van der Waals surface area contributed by atoms with E-state index in [1.807, 2.05) is 74.8 Å². The SMILES string of the molecule is CCCCC(CC)CN1C(=O)C2=C(c3ccc(Br)s3)N(CC(CC)CCCC)C(=O)C2=C1c1cccs1.CCCCCCc1ccc(-c2cc[c]([Sn]([CH2]CCC)([CH2]CCC)[CH2]CCC)s2)s1.CCCCCCc1ccc(-c2ccc(-c3ccc(C4=C5C(=O)N(CC(CC)CCCC)C(c6cccs6)=C5C(=O)N4CC(CC)CCCC)s3)s2)s1. The van der Waals surface area contributed by atoms with Gasteiger partial charge < -0.3 is 19.6 Å². The summed E-state index contributed by atoms with van der Waals surface area (Å²) in [6.07, 6.45) is 39.1. The second-order valence-corrected chi connectivity index (χ2v) is 57.6. The first-order chi connectivity index (χ1) is 57.5. The zero-order valence-corrected chi connectivity index (χ0v) is 84.8. The molecular formula is C100H139BrN4O4S8Sn. The van der Waals surface area contributed by atoms with Crippen molar-refractivity contribution in [1.82, 2.24) is 19.6 Å². The van der Waals surface area contributed by atoms with Crippen molar-refractivity contribution in [2.24, 2.45) is 23.7 Å². The summed E-state index contributed by atoms with van der Waals surface area (Å²) in [7, 11) is 0. The summed E-state index contributed by atoms with van der Waals surface area (Å²) in [6, 6.07) is 35.5. The summed E-state index contributed by atoms with van der Waals surface area (Å²) in [5.41, 5.74) is 5.76. The number of carbonyl (C=O) groups excluding carboxylic acids is 4. The molecule has 4 amide bonds. The molecule has 0 spiro atoms. The molecule has 8 aromatic rings. The Labute approximate surface area is 756 Å². The summed E-state index contributed by atoms with van der Waals surface area (Å²) in [5, 5.41) is 4.09. The van der Waals surface area contributed by atoms with Crippen LogP contribution in [0, 0.1) is 23.7 Å². The molecular weight excluding hydrogens is 1780 g/mol. The van der Waals surface area contributed by atoms with Gasteiger partial charge in [-0.15, -0.1) is 68.0 Å². The fourth-order valence-corrected chi connectivity index (χ4v) is 45.1. The Kier molecular flexibility index (Phi) is 40.2. The fourth-order valence-electron chi connectivity index (χ4n) is 17.5. The fraction of sp³-hybridized carbons (Fsp3) is 0.560. The van der Waals surface area contributed by atoms with Gasteiger partial charge in [0.05, 0.1) is 68.4 Å². The Morgan fingerprint density at radius 2 is 0.593 bits per heavy atom. The molecule has 8 nitrogen and oxygen atoms in total. The van der Waals surface area contributed by atoms with E-state index in [1.54, 1.807) is 68.4 Å². The number of carbonyl (C=O) groups is 4. The van der Waals surface area contributed by atoms with E-state index >= 15 is 0 Å². The first-order valence-electron chi connectivity index (χ1n) is 46.1. The van der Waals surface area contributed by atoms with E-state index in [1.165, 1.54) is 132 Å². The molecule has 12 heterocycles. The molecule has 4 unspecified atom stereocenters. The monoisotopic (exact) mass is 1910 g/mol. The van der Waals surface area contributed by atoms with Gasteiger partial charge in [-0.3, -0.25) is 19.2 Å². The van der Waals surface area contributed by atoms with Crippen LogP contribution in [0.15, 0.2) is 134 Å². The standard InChI is InChI=1S/C44H56N2O2S4.C30H39BrN2O2S2.C14H17S2.3C4H9.Sn/c1-6-11-14-15-19-32-21-22-33(50-32)34-23-24-35(51-34)36-25-26-38(52-36)42-40-39(43(47)46(42)29-31(10-5)18-13-8-3)41(37-20-16-27-49-37)45(44(40)48)28-30(9-4)17-12-7-2;1-5-9-12-20(7-3)18-32-27(22-14-11-17-36-22)25-26(30(32)35)28(23-15-16-24(31)37-23)33(29(25)34)19-21(8-4)13-10-6-2;1-2-3-4-5-7-12-9-10-14(16-12)13-8-6-11-15-13;3*1-3-4-2;/h16,20-27,30-31H,6-15,17-19,28-29H2,1-5H3;11,14-17,20-21H,5-10,12-13,18-19H2,1-4H3;6,8-10H,2-5,7H2,1H3;3*1,3-4H2,2H3;. The minimum atomic E-state index is -2.25. The molecule has 0 radical (unpaired) electrons. The van der Waals surface area contributed by atoms with Gasteiger partial charge in [0.2, 0.25) is 0 Å². The van der Waals surface area contributed by atoms with Crippen molar-refractivity contribution in [3.05, 3.63) is 163 Å². The average molecular weight is 1920 g/mol. The van der Waals surface area contributed by atoms with Gasteiger partial charge in [0.15, 0.2) is 0 Å². The topological polar surface area (TPSA) is 81.2 Å². The molecule has 0 aliphatic carbocycles. The van der Waals surface area contributed by atoms with Crippen LogP contribution in [0.3, 0.4) is 0 Å². The van der Waals surface area contributed by atoms with Crippen molar-refractivity contribution in [1.29, 1.82) is 0 Å². The van der Waals surface area contributed by atoms with Crippen molar-refractivity contribution in [3.8, 4) is 29.3 Å². The van der Waals surface area contributed by atoms with Gasteiger partial charge in [-0.25, -0.2) is 0 Å². The molecule has 0 N–H and O–H groups in total. The number of hydrogen-bond donors (Lipinski definition) is 0. The molecule has 0 saturated heterocycles. The van der Waals surface area contributed by atoms with Gasteiger partial charge in [0.25, 0.3) is 23.6 Å². The predicted molar refractivity (Wildman–Crippen MR) is 527 cm³/mol. The van der Waals surface area contributed by atoms with Crippen molar-refractivity contribution in [3.63, 3.8) is 0 Å². The van der Waals surface area contributed by atoms with Crippen LogP contribution < -0.4 is 2.89 Å². The van der Waals surface area contributed by atoms with Crippen molar-refractivity contribution < 1.29 is 19.2 Å². The molecule has 0 aromatic carbocycles. The van der Waals surface area contributed by atoms with E-state index in [9.17, 15) is 19.2 Å². The maximum Gasteiger partial charge on any atom is 0.261 e. The molecule has 18 heteroatoms. The van der Waals surface area contributed by atoms with Crippen LogP contribution in [-0.2, 0) is 32.0 Å². The van der Waals surface area contributed by atoms with E-state index in [2.05, 4.69) is 207 Å². The molecule has 8 aromatic heterocycles. The van der Waals surface area contributed by atoms with E-state index in [-0.39, 0.29) is 23.6 Å². The summed E-state index contributed by atoms with van der Waals surface area (Å²) in [5.74, 6) is 1.59. The van der Waals surface area contributed by atoms with E-state index in [4.69, 9.17) is 0 Å². The largest absolute Gasteiger partial charge is 0.306 e. The maximum atomic E-state index is 14.8.